The fraction of sp³-hybridized carbons (Fsp3) is 0.0952. The minimum absolute atomic E-state index is 0.199. The summed E-state index contributed by atoms with van der Waals surface area (Å²) in [5.74, 6) is 0.975. The van der Waals surface area contributed by atoms with E-state index in [9.17, 15) is 4.79 Å². The summed E-state index contributed by atoms with van der Waals surface area (Å²) in [6.45, 7) is 1.81. The third-order valence-electron chi connectivity index (χ3n) is 4.43. The normalized spacial score (nSPS) is 11.0. The van der Waals surface area contributed by atoms with Gasteiger partial charge in [0.15, 0.2) is 0 Å². The van der Waals surface area contributed by atoms with Crippen molar-refractivity contribution < 1.29 is 4.74 Å². The quantitative estimate of drug-likeness (QED) is 0.380. The molecule has 4 aromatic rings. The Kier molecular flexibility index (Phi) is 5.33. The molecule has 0 radical (unpaired) electrons. The summed E-state index contributed by atoms with van der Waals surface area (Å²) in [5, 5.41) is 15.0. The Balaban J connectivity index is 1.53. The highest BCUT2D eigenvalue weighted by molar-refractivity contribution is 5.81. The third kappa shape index (κ3) is 3.95. The molecule has 9 heteroatoms. The summed E-state index contributed by atoms with van der Waals surface area (Å²) in [6.07, 6.45) is 3.00. The lowest BCUT2D eigenvalue weighted by Gasteiger charge is -2.03. The van der Waals surface area contributed by atoms with E-state index in [2.05, 4.69) is 30.8 Å². The van der Waals surface area contributed by atoms with Crippen molar-refractivity contribution in [2.45, 2.75) is 6.92 Å². The minimum atomic E-state index is -0.199. The second kappa shape index (κ2) is 8.39. The first-order valence-electron chi connectivity index (χ1n) is 9.16. The first-order valence-corrected chi connectivity index (χ1v) is 9.16. The maximum absolute atomic E-state index is 12.7. The van der Waals surface area contributed by atoms with E-state index < -0.39 is 0 Å². The van der Waals surface area contributed by atoms with E-state index in [1.165, 1.54) is 10.9 Å². The molecule has 0 aliphatic carbocycles. The average molecular weight is 401 g/mol. The van der Waals surface area contributed by atoms with Crippen molar-refractivity contribution in [3.63, 3.8) is 0 Å². The molecule has 2 aromatic carbocycles. The van der Waals surface area contributed by atoms with E-state index in [4.69, 9.17) is 4.74 Å². The number of methoxy groups -OCH3 is 1. The Morgan fingerprint density at radius 3 is 2.63 bits per heavy atom. The highest BCUT2D eigenvalue weighted by atomic mass is 16.5. The van der Waals surface area contributed by atoms with Crippen LogP contribution in [0.5, 0.6) is 5.75 Å². The number of para-hydroxylation sites is 1. The van der Waals surface area contributed by atoms with Gasteiger partial charge >= 0.3 is 0 Å². The number of hydrogen-bond donors (Lipinski definition) is 2. The largest absolute Gasteiger partial charge is 0.497 e. The Morgan fingerprint density at radius 1 is 1.13 bits per heavy atom. The smallest absolute Gasteiger partial charge is 0.280 e. The molecule has 2 N–H and O–H groups in total. The third-order valence-corrected chi connectivity index (χ3v) is 4.43. The Hall–Kier alpha value is -4.27. The van der Waals surface area contributed by atoms with Crippen molar-refractivity contribution in [3.8, 4) is 22.7 Å². The monoisotopic (exact) mass is 401 g/mol. The SMILES string of the molecule is COc1ccc(-c2cnnc(N/N=C/c3c(C)[nH]n(-c4ccccc4)c3=O)n2)cc1. The number of benzene rings is 2. The summed E-state index contributed by atoms with van der Waals surface area (Å²) >= 11 is 0. The number of nitrogens with zero attached hydrogens (tertiary/aromatic N) is 5. The molecule has 0 aliphatic rings. The molecule has 0 aliphatic heterocycles. The van der Waals surface area contributed by atoms with Crippen molar-refractivity contribution >= 4 is 12.2 Å². The zero-order valence-corrected chi connectivity index (χ0v) is 16.4. The van der Waals surface area contributed by atoms with E-state index in [-0.39, 0.29) is 11.5 Å². The molecule has 0 fully saturated rings. The molecule has 150 valence electrons. The van der Waals surface area contributed by atoms with Gasteiger partial charge in [0.1, 0.15) is 5.75 Å². The number of aromatic nitrogens is 5. The predicted molar refractivity (Wildman–Crippen MR) is 114 cm³/mol. The van der Waals surface area contributed by atoms with Gasteiger partial charge in [0.05, 0.1) is 36.5 Å². The van der Waals surface area contributed by atoms with Gasteiger partial charge in [-0.05, 0) is 43.3 Å². The average Bonchev–Trinajstić information content (AvgIpc) is 3.08. The van der Waals surface area contributed by atoms with E-state index in [1.807, 2.05) is 61.5 Å². The van der Waals surface area contributed by atoms with E-state index >= 15 is 0 Å². The van der Waals surface area contributed by atoms with Gasteiger partial charge in [-0.15, -0.1) is 5.10 Å². The Morgan fingerprint density at radius 2 is 1.90 bits per heavy atom. The van der Waals surface area contributed by atoms with Crippen LogP contribution < -0.4 is 15.7 Å². The molecular weight excluding hydrogens is 382 g/mol. The number of hydrazone groups is 1. The van der Waals surface area contributed by atoms with Crippen LogP contribution in [-0.4, -0.2) is 38.3 Å². The second-order valence-corrected chi connectivity index (χ2v) is 6.39. The lowest BCUT2D eigenvalue weighted by Crippen LogP contribution is -2.17. The number of aromatic amines is 1. The molecule has 0 atom stereocenters. The molecule has 0 saturated heterocycles. The van der Waals surface area contributed by atoms with Crippen molar-refractivity contribution in [3.05, 3.63) is 82.4 Å². The van der Waals surface area contributed by atoms with Crippen molar-refractivity contribution in [2.24, 2.45) is 5.10 Å². The number of anilines is 1. The highest BCUT2D eigenvalue weighted by Gasteiger charge is 2.10. The van der Waals surface area contributed by atoms with Crippen LogP contribution in [0.2, 0.25) is 0 Å². The number of aryl methyl sites for hydroxylation is 1. The summed E-state index contributed by atoms with van der Waals surface area (Å²) in [7, 11) is 1.61. The van der Waals surface area contributed by atoms with E-state index in [0.717, 1.165) is 17.0 Å². The molecule has 9 nitrogen and oxygen atoms in total. The maximum Gasteiger partial charge on any atom is 0.280 e. The van der Waals surface area contributed by atoms with Gasteiger partial charge < -0.3 is 4.74 Å². The Bertz CT molecular complexity index is 1230. The number of rotatable bonds is 6. The molecule has 0 saturated carbocycles. The van der Waals surface area contributed by atoms with Crippen LogP contribution in [-0.2, 0) is 0 Å². The predicted octanol–water partition coefficient (Wildman–Crippen LogP) is 2.78. The van der Waals surface area contributed by atoms with Gasteiger partial charge in [0.25, 0.3) is 11.5 Å². The first kappa shape index (κ1) is 19.1. The summed E-state index contributed by atoms with van der Waals surface area (Å²) in [6, 6.07) is 16.8. The molecule has 30 heavy (non-hydrogen) atoms. The van der Waals surface area contributed by atoms with E-state index in [1.54, 1.807) is 13.3 Å². The molecule has 4 rings (SSSR count). The fourth-order valence-electron chi connectivity index (χ4n) is 2.88. The van der Waals surface area contributed by atoms with Crippen LogP contribution in [0.4, 0.5) is 5.95 Å². The molecule has 0 bridgehead atoms. The van der Waals surface area contributed by atoms with Gasteiger partial charge in [-0.25, -0.2) is 15.1 Å². The van der Waals surface area contributed by atoms with Crippen LogP contribution in [0, 0.1) is 6.92 Å². The highest BCUT2D eigenvalue weighted by Crippen LogP contribution is 2.20. The molecule has 2 aromatic heterocycles. The molecule has 2 heterocycles. The number of hydrogen-bond acceptors (Lipinski definition) is 7. The lowest BCUT2D eigenvalue weighted by atomic mass is 10.1. The molecule has 0 spiro atoms. The molecule has 0 amide bonds. The Labute approximate surface area is 172 Å². The fourth-order valence-corrected chi connectivity index (χ4v) is 2.88. The van der Waals surface area contributed by atoms with Crippen LogP contribution in [0.3, 0.4) is 0 Å². The van der Waals surface area contributed by atoms with Crippen LogP contribution in [0.15, 0.2) is 70.7 Å². The zero-order valence-electron chi connectivity index (χ0n) is 16.4. The number of ether oxygens (including phenoxy) is 1. The van der Waals surface area contributed by atoms with Gasteiger partial charge in [-0.1, -0.05) is 18.2 Å². The van der Waals surface area contributed by atoms with Gasteiger partial charge in [0, 0.05) is 11.3 Å². The van der Waals surface area contributed by atoms with Gasteiger partial charge in [-0.2, -0.15) is 10.2 Å². The molecule has 0 unspecified atom stereocenters. The van der Waals surface area contributed by atoms with Gasteiger partial charge in [-0.3, -0.25) is 9.89 Å². The maximum atomic E-state index is 12.7. The minimum Gasteiger partial charge on any atom is -0.497 e. The summed E-state index contributed by atoms with van der Waals surface area (Å²) < 4.78 is 6.63. The molecular formula is C21H19N7O2. The van der Waals surface area contributed by atoms with Crippen LogP contribution in [0.1, 0.15) is 11.3 Å². The summed E-state index contributed by atoms with van der Waals surface area (Å²) in [5.41, 5.74) is 5.91. The topological polar surface area (TPSA) is 110 Å². The standard InChI is InChI=1S/C21H19N7O2/c1-14-18(20(29)28(27-14)16-6-4-3-5-7-16)12-22-25-21-24-19(13-23-26-21)15-8-10-17(30-2)11-9-15/h3-13,27H,1-2H3,(H,24,25,26)/b22-12+. The summed E-state index contributed by atoms with van der Waals surface area (Å²) in [4.78, 5) is 17.1. The van der Waals surface area contributed by atoms with Crippen LogP contribution in [0.25, 0.3) is 16.9 Å². The number of nitrogens with one attached hydrogen (secondary N) is 2. The first-order chi connectivity index (χ1) is 14.7. The van der Waals surface area contributed by atoms with Crippen molar-refractivity contribution in [2.75, 3.05) is 12.5 Å². The lowest BCUT2D eigenvalue weighted by molar-refractivity contribution is 0.415. The van der Waals surface area contributed by atoms with Gasteiger partial charge in [0.2, 0.25) is 0 Å². The second-order valence-electron chi connectivity index (χ2n) is 6.39. The van der Waals surface area contributed by atoms with E-state index in [0.29, 0.717) is 17.0 Å². The van der Waals surface area contributed by atoms with Crippen molar-refractivity contribution in [1.29, 1.82) is 0 Å². The van der Waals surface area contributed by atoms with Crippen LogP contribution >= 0.6 is 0 Å². The number of H-pyrrole nitrogens is 1. The zero-order chi connectivity index (χ0) is 20.9. The van der Waals surface area contributed by atoms with Crippen molar-refractivity contribution in [1.82, 2.24) is 25.0 Å².